The Balaban J connectivity index is 1.96. The Morgan fingerprint density at radius 2 is 2.32 bits per heavy atom. The van der Waals surface area contributed by atoms with Crippen LogP contribution in [0.4, 0.5) is 0 Å². The van der Waals surface area contributed by atoms with Gasteiger partial charge in [-0.1, -0.05) is 0 Å². The molecule has 1 aliphatic rings. The standard InChI is InChI=1S/C13H18BrN3O2/c1-10-8-15-5-7-17(10)13(19)4-6-16-9-11(14)2-3-12(16)18/h2-3,9-10,15H,4-8H2,1H3. The Hall–Kier alpha value is -1.14. The van der Waals surface area contributed by atoms with Crippen LogP contribution in [0.25, 0.3) is 0 Å². The first-order chi connectivity index (χ1) is 9.08. The highest BCUT2D eigenvalue weighted by Gasteiger charge is 2.22. The minimum atomic E-state index is -0.0793. The first-order valence-corrected chi connectivity index (χ1v) is 7.23. The van der Waals surface area contributed by atoms with Gasteiger partial charge in [-0.3, -0.25) is 9.59 Å². The first-order valence-electron chi connectivity index (χ1n) is 6.44. The average Bonchev–Trinajstić information content (AvgIpc) is 2.40. The lowest BCUT2D eigenvalue weighted by molar-refractivity contribution is -0.134. The van der Waals surface area contributed by atoms with E-state index in [0.29, 0.717) is 13.0 Å². The molecule has 19 heavy (non-hydrogen) atoms. The minimum absolute atomic E-state index is 0.0793. The van der Waals surface area contributed by atoms with Gasteiger partial charge in [0.1, 0.15) is 0 Å². The van der Waals surface area contributed by atoms with E-state index in [9.17, 15) is 9.59 Å². The number of halogens is 1. The number of hydrogen-bond acceptors (Lipinski definition) is 3. The van der Waals surface area contributed by atoms with Crippen LogP contribution in [-0.2, 0) is 11.3 Å². The van der Waals surface area contributed by atoms with E-state index in [1.54, 1.807) is 16.8 Å². The lowest BCUT2D eigenvalue weighted by atomic mass is 10.2. The molecule has 6 heteroatoms. The second kappa shape index (κ2) is 6.34. The quantitative estimate of drug-likeness (QED) is 0.894. The maximum Gasteiger partial charge on any atom is 0.250 e. The molecule has 1 aliphatic heterocycles. The molecule has 1 amide bonds. The molecule has 2 rings (SSSR count). The zero-order chi connectivity index (χ0) is 13.8. The molecule has 1 N–H and O–H groups in total. The van der Waals surface area contributed by atoms with Gasteiger partial charge in [0.2, 0.25) is 5.91 Å². The highest BCUT2D eigenvalue weighted by molar-refractivity contribution is 9.10. The van der Waals surface area contributed by atoms with Crippen molar-refractivity contribution in [3.8, 4) is 0 Å². The molecular weight excluding hydrogens is 310 g/mol. The van der Waals surface area contributed by atoms with E-state index in [1.807, 2.05) is 11.8 Å². The Morgan fingerprint density at radius 1 is 1.53 bits per heavy atom. The molecular formula is C13H18BrN3O2. The van der Waals surface area contributed by atoms with E-state index in [-0.39, 0.29) is 17.5 Å². The molecule has 0 spiro atoms. The van der Waals surface area contributed by atoms with Gasteiger partial charge in [-0.25, -0.2) is 0 Å². The van der Waals surface area contributed by atoms with Crippen LogP contribution < -0.4 is 10.9 Å². The van der Waals surface area contributed by atoms with Gasteiger partial charge in [0.15, 0.2) is 0 Å². The van der Waals surface area contributed by atoms with E-state index in [1.165, 1.54) is 6.07 Å². The summed E-state index contributed by atoms with van der Waals surface area (Å²) < 4.78 is 2.41. The number of pyridine rings is 1. The molecule has 0 radical (unpaired) electrons. The fourth-order valence-corrected chi connectivity index (χ4v) is 2.63. The van der Waals surface area contributed by atoms with Gasteiger partial charge in [-0.2, -0.15) is 0 Å². The van der Waals surface area contributed by atoms with Crippen molar-refractivity contribution in [1.29, 1.82) is 0 Å². The molecule has 1 saturated heterocycles. The summed E-state index contributed by atoms with van der Waals surface area (Å²) in [6.45, 7) is 4.88. The number of carbonyl (C=O) groups excluding carboxylic acids is 1. The monoisotopic (exact) mass is 327 g/mol. The summed E-state index contributed by atoms with van der Waals surface area (Å²) in [6.07, 6.45) is 2.08. The number of nitrogens with zero attached hydrogens (tertiary/aromatic N) is 2. The summed E-state index contributed by atoms with van der Waals surface area (Å²) in [4.78, 5) is 25.7. The number of piperazine rings is 1. The summed E-state index contributed by atoms with van der Waals surface area (Å²) in [7, 11) is 0. The zero-order valence-corrected chi connectivity index (χ0v) is 12.5. The number of amides is 1. The number of nitrogens with one attached hydrogen (secondary N) is 1. The zero-order valence-electron chi connectivity index (χ0n) is 10.9. The number of aromatic nitrogens is 1. The van der Waals surface area contributed by atoms with Crippen LogP contribution in [0.2, 0.25) is 0 Å². The Labute approximate surface area is 120 Å². The molecule has 1 aromatic rings. The van der Waals surface area contributed by atoms with Crippen LogP contribution >= 0.6 is 15.9 Å². The molecule has 1 atom stereocenters. The van der Waals surface area contributed by atoms with Crippen LogP contribution in [0, 0.1) is 0 Å². The SMILES string of the molecule is CC1CNCCN1C(=O)CCn1cc(Br)ccc1=O. The minimum Gasteiger partial charge on any atom is -0.337 e. The highest BCUT2D eigenvalue weighted by atomic mass is 79.9. The maximum absolute atomic E-state index is 12.1. The second-order valence-corrected chi connectivity index (χ2v) is 5.68. The predicted octanol–water partition coefficient (Wildman–Crippen LogP) is 0.821. The molecule has 2 heterocycles. The third kappa shape index (κ3) is 3.67. The third-order valence-electron chi connectivity index (χ3n) is 3.34. The Kier molecular flexibility index (Phi) is 4.76. The highest BCUT2D eigenvalue weighted by Crippen LogP contribution is 2.08. The van der Waals surface area contributed by atoms with Gasteiger partial charge >= 0.3 is 0 Å². The molecule has 1 aromatic heterocycles. The van der Waals surface area contributed by atoms with Crippen LogP contribution in [-0.4, -0.2) is 41.1 Å². The molecule has 0 aromatic carbocycles. The van der Waals surface area contributed by atoms with Crippen LogP contribution in [0.3, 0.4) is 0 Å². The molecule has 0 aliphatic carbocycles. The normalized spacial score (nSPS) is 19.5. The summed E-state index contributed by atoms with van der Waals surface area (Å²) in [5, 5.41) is 3.25. The van der Waals surface area contributed by atoms with Crippen molar-refractivity contribution >= 4 is 21.8 Å². The van der Waals surface area contributed by atoms with E-state index in [4.69, 9.17) is 0 Å². The number of carbonyl (C=O) groups is 1. The van der Waals surface area contributed by atoms with Crippen molar-refractivity contribution in [3.63, 3.8) is 0 Å². The van der Waals surface area contributed by atoms with E-state index in [2.05, 4.69) is 21.2 Å². The number of rotatable bonds is 3. The van der Waals surface area contributed by atoms with E-state index in [0.717, 1.165) is 24.1 Å². The molecule has 0 saturated carbocycles. The number of hydrogen-bond donors (Lipinski definition) is 1. The van der Waals surface area contributed by atoms with Gasteiger partial charge in [-0.15, -0.1) is 0 Å². The lowest BCUT2D eigenvalue weighted by Crippen LogP contribution is -2.52. The third-order valence-corrected chi connectivity index (χ3v) is 3.80. The fourth-order valence-electron chi connectivity index (χ4n) is 2.25. The Bertz CT molecular complexity index is 515. The molecule has 104 valence electrons. The Morgan fingerprint density at radius 3 is 3.05 bits per heavy atom. The van der Waals surface area contributed by atoms with Crippen LogP contribution in [0.5, 0.6) is 0 Å². The van der Waals surface area contributed by atoms with Crippen LogP contribution in [0.15, 0.2) is 27.6 Å². The topological polar surface area (TPSA) is 54.3 Å². The largest absolute Gasteiger partial charge is 0.337 e. The number of aryl methyl sites for hydroxylation is 1. The van der Waals surface area contributed by atoms with E-state index >= 15 is 0 Å². The summed E-state index contributed by atoms with van der Waals surface area (Å²) in [5.41, 5.74) is -0.0793. The van der Waals surface area contributed by atoms with Gasteiger partial charge in [0.05, 0.1) is 0 Å². The summed E-state index contributed by atoms with van der Waals surface area (Å²) in [6, 6.07) is 3.43. The van der Waals surface area contributed by atoms with Crippen molar-refractivity contribution < 1.29 is 4.79 Å². The lowest BCUT2D eigenvalue weighted by Gasteiger charge is -2.34. The average molecular weight is 328 g/mol. The predicted molar refractivity (Wildman–Crippen MR) is 77.1 cm³/mol. The van der Waals surface area contributed by atoms with E-state index < -0.39 is 0 Å². The summed E-state index contributed by atoms with van der Waals surface area (Å²) >= 11 is 3.33. The molecule has 1 fully saturated rings. The van der Waals surface area contributed by atoms with Crippen molar-refractivity contribution in [1.82, 2.24) is 14.8 Å². The second-order valence-electron chi connectivity index (χ2n) is 4.77. The molecule has 0 bridgehead atoms. The van der Waals surface area contributed by atoms with Crippen LogP contribution in [0.1, 0.15) is 13.3 Å². The van der Waals surface area contributed by atoms with Gasteiger partial charge in [-0.05, 0) is 28.9 Å². The molecule has 1 unspecified atom stereocenters. The van der Waals surface area contributed by atoms with Crippen molar-refractivity contribution in [2.45, 2.75) is 25.9 Å². The van der Waals surface area contributed by atoms with Gasteiger partial charge in [0, 0.05) is 55.4 Å². The van der Waals surface area contributed by atoms with Crippen molar-refractivity contribution in [3.05, 3.63) is 33.2 Å². The molecule has 5 nitrogen and oxygen atoms in total. The maximum atomic E-state index is 12.1. The van der Waals surface area contributed by atoms with Crippen molar-refractivity contribution in [2.24, 2.45) is 0 Å². The smallest absolute Gasteiger partial charge is 0.250 e. The van der Waals surface area contributed by atoms with Crippen molar-refractivity contribution in [2.75, 3.05) is 19.6 Å². The fraction of sp³-hybridized carbons (Fsp3) is 0.538. The summed E-state index contributed by atoms with van der Waals surface area (Å²) in [5.74, 6) is 0.112. The first kappa shape index (κ1) is 14.3. The van der Waals surface area contributed by atoms with Gasteiger partial charge < -0.3 is 14.8 Å². The van der Waals surface area contributed by atoms with Gasteiger partial charge in [0.25, 0.3) is 5.56 Å².